The summed E-state index contributed by atoms with van der Waals surface area (Å²) in [5.74, 6) is -0.916. The molecule has 2 aromatic rings. The van der Waals surface area contributed by atoms with Crippen LogP contribution in [0.1, 0.15) is 81.5 Å². The van der Waals surface area contributed by atoms with Gasteiger partial charge in [-0.3, -0.25) is 9.59 Å². The summed E-state index contributed by atoms with van der Waals surface area (Å²) >= 11 is 12.2. The van der Waals surface area contributed by atoms with E-state index in [1.54, 1.807) is 34.6 Å². The maximum absolute atomic E-state index is 13.6. The highest BCUT2D eigenvalue weighted by atomic mass is 35.5. The second-order valence-electron chi connectivity index (χ2n) is 8.45. The van der Waals surface area contributed by atoms with Crippen molar-refractivity contribution in [1.82, 2.24) is 9.47 Å². The lowest BCUT2D eigenvalue weighted by Crippen LogP contribution is -2.44. The summed E-state index contributed by atoms with van der Waals surface area (Å²) in [6, 6.07) is 4.75. The van der Waals surface area contributed by atoms with Gasteiger partial charge in [0.2, 0.25) is 0 Å². The maximum Gasteiger partial charge on any atom is 0.354 e. The zero-order chi connectivity index (χ0) is 24.3. The van der Waals surface area contributed by atoms with Crippen LogP contribution < -0.4 is 0 Å². The smallest absolute Gasteiger partial charge is 0.354 e. The average Bonchev–Trinajstić information content (AvgIpc) is 3.07. The molecule has 33 heavy (non-hydrogen) atoms. The largest absolute Gasteiger partial charge is 0.464 e. The zero-order valence-electron chi connectivity index (χ0n) is 19.5. The van der Waals surface area contributed by atoms with Crippen LogP contribution in [-0.4, -0.2) is 46.8 Å². The van der Waals surface area contributed by atoms with Gasteiger partial charge in [0, 0.05) is 29.4 Å². The molecule has 0 aliphatic heterocycles. The van der Waals surface area contributed by atoms with E-state index in [0.717, 1.165) is 32.1 Å². The van der Waals surface area contributed by atoms with Crippen LogP contribution in [-0.2, 0) is 11.3 Å². The molecule has 0 bridgehead atoms. The number of rotatable bonds is 7. The van der Waals surface area contributed by atoms with Crippen LogP contribution in [0.25, 0.3) is 0 Å². The molecule has 0 unspecified atom stereocenters. The molecule has 1 aliphatic rings. The predicted octanol–water partition coefficient (Wildman–Crippen LogP) is 5.88. The second-order valence-corrected chi connectivity index (χ2v) is 9.26. The first kappa shape index (κ1) is 25.3. The number of carbonyl (C=O) groups excluding carboxylic acids is 3. The standard InChI is InChI=1S/C25H30Cl2N2O4/c1-5-28-16(3)22(15(2)23(28)25(32)33-4)21(30)14-29(18-9-7-6-8-10-18)24(31)17-11-12-19(26)20(27)13-17/h11-13,18H,5-10,14H2,1-4H3. The van der Waals surface area contributed by atoms with Gasteiger partial charge in [0.1, 0.15) is 5.69 Å². The normalized spacial score (nSPS) is 14.2. The summed E-state index contributed by atoms with van der Waals surface area (Å²) in [5, 5.41) is 0.669. The number of Topliss-reactive ketones (excluding diaryl/α,β-unsaturated/α-hetero) is 1. The lowest BCUT2D eigenvalue weighted by Gasteiger charge is -2.34. The molecule has 1 aromatic heterocycles. The number of hydrogen-bond donors (Lipinski definition) is 0. The number of aromatic nitrogens is 1. The Morgan fingerprint density at radius 2 is 1.76 bits per heavy atom. The molecule has 3 rings (SSSR count). The van der Waals surface area contributed by atoms with Crippen LogP contribution in [0.5, 0.6) is 0 Å². The Balaban J connectivity index is 1.99. The van der Waals surface area contributed by atoms with E-state index >= 15 is 0 Å². The molecular weight excluding hydrogens is 463 g/mol. The van der Waals surface area contributed by atoms with Crippen molar-refractivity contribution in [3.63, 3.8) is 0 Å². The third-order valence-electron chi connectivity index (χ3n) is 6.50. The quantitative estimate of drug-likeness (QED) is 0.357. The highest BCUT2D eigenvalue weighted by Gasteiger charge is 2.32. The van der Waals surface area contributed by atoms with Gasteiger partial charge in [0.05, 0.1) is 23.7 Å². The van der Waals surface area contributed by atoms with E-state index in [9.17, 15) is 14.4 Å². The molecule has 1 saturated carbocycles. The lowest BCUT2D eigenvalue weighted by molar-refractivity contribution is 0.0584. The number of carbonyl (C=O) groups is 3. The Morgan fingerprint density at radius 1 is 1.09 bits per heavy atom. The number of benzene rings is 1. The molecule has 1 amide bonds. The molecule has 0 atom stereocenters. The van der Waals surface area contributed by atoms with Crippen LogP contribution in [0.2, 0.25) is 10.0 Å². The zero-order valence-corrected chi connectivity index (χ0v) is 21.1. The number of esters is 1. The van der Waals surface area contributed by atoms with E-state index in [1.165, 1.54) is 7.11 Å². The van der Waals surface area contributed by atoms with Gasteiger partial charge in [-0.1, -0.05) is 42.5 Å². The first-order chi connectivity index (χ1) is 15.7. The molecular formula is C25H30Cl2N2O4. The number of ketones is 1. The van der Waals surface area contributed by atoms with Gasteiger partial charge in [-0.15, -0.1) is 0 Å². The number of amides is 1. The van der Waals surface area contributed by atoms with Crippen LogP contribution in [0.4, 0.5) is 0 Å². The molecule has 0 saturated heterocycles. The monoisotopic (exact) mass is 492 g/mol. The average molecular weight is 493 g/mol. The van der Waals surface area contributed by atoms with Crippen molar-refractivity contribution in [2.45, 2.75) is 65.5 Å². The first-order valence-corrected chi connectivity index (χ1v) is 12.0. The van der Waals surface area contributed by atoms with E-state index in [-0.39, 0.29) is 24.3 Å². The fourth-order valence-electron chi connectivity index (χ4n) is 4.85. The summed E-state index contributed by atoms with van der Waals surface area (Å²) in [4.78, 5) is 41.2. The number of methoxy groups -OCH3 is 1. The van der Waals surface area contributed by atoms with Crippen molar-refractivity contribution < 1.29 is 19.1 Å². The molecule has 1 heterocycles. The van der Waals surface area contributed by atoms with Crippen LogP contribution in [0.3, 0.4) is 0 Å². The molecule has 1 fully saturated rings. The molecule has 0 radical (unpaired) electrons. The minimum absolute atomic E-state index is 0.0291. The Kier molecular flexibility index (Phi) is 8.24. The topological polar surface area (TPSA) is 68.6 Å². The van der Waals surface area contributed by atoms with Crippen molar-refractivity contribution in [3.05, 3.63) is 56.3 Å². The van der Waals surface area contributed by atoms with E-state index < -0.39 is 5.97 Å². The summed E-state index contributed by atoms with van der Waals surface area (Å²) in [7, 11) is 1.33. The second kappa shape index (κ2) is 10.7. The highest BCUT2D eigenvalue weighted by Crippen LogP contribution is 2.29. The molecule has 1 aromatic carbocycles. The van der Waals surface area contributed by atoms with Gasteiger partial charge in [-0.2, -0.15) is 0 Å². The molecule has 6 nitrogen and oxygen atoms in total. The third-order valence-corrected chi connectivity index (χ3v) is 7.24. The number of nitrogens with zero attached hydrogens (tertiary/aromatic N) is 2. The summed E-state index contributed by atoms with van der Waals surface area (Å²) in [6.07, 6.45) is 4.85. The van der Waals surface area contributed by atoms with E-state index in [2.05, 4.69) is 0 Å². The van der Waals surface area contributed by atoms with Crippen molar-refractivity contribution in [2.75, 3.05) is 13.7 Å². The SMILES string of the molecule is CCn1c(C)c(C(=O)CN(C(=O)c2ccc(Cl)c(Cl)c2)C2CCCCC2)c(C)c1C(=O)OC. The van der Waals surface area contributed by atoms with Crippen LogP contribution in [0, 0.1) is 13.8 Å². The molecule has 1 aliphatic carbocycles. The number of ether oxygens (including phenoxy) is 1. The first-order valence-electron chi connectivity index (χ1n) is 11.3. The van der Waals surface area contributed by atoms with Crippen molar-refractivity contribution in [1.29, 1.82) is 0 Å². The Hall–Kier alpha value is -2.31. The van der Waals surface area contributed by atoms with Crippen molar-refractivity contribution in [2.24, 2.45) is 0 Å². The fraction of sp³-hybridized carbons (Fsp3) is 0.480. The molecule has 0 N–H and O–H groups in total. The third kappa shape index (κ3) is 5.12. The molecule has 178 valence electrons. The summed E-state index contributed by atoms with van der Waals surface area (Å²) in [6.45, 7) is 5.94. The number of halogens is 2. The molecule has 0 spiro atoms. The van der Waals surface area contributed by atoms with Gasteiger partial charge in [-0.25, -0.2) is 4.79 Å². The van der Waals surface area contributed by atoms with Gasteiger partial charge < -0.3 is 14.2 Å². The van der Waals surface area contributed by atoms with E-state index in [1.807, 2.05) is 13.8 Å². The van der Waals surface area contributed by atoms with Gasteiger partial charge in [0.15, 0.2) is 5.78 Å². The van der Waals surface area contributed by atoms with Gasteiger partial charge in [-0.05, 0) is 57.4 Å². The van der Waals surface area contributed by atoms with Gasteiger partial charge >= 0.3 is 5.97 Å². The minimum atomic E-state index is -0.479. The predicted molar refractivity (Wildman–Crippen MR) is 130 cm³/mol. The Labute approximate surface area is 204 Å². The number of hydrogen-bond acceptors (Lipinski definition) is 4. The van der Waals surface area contributed by atoms with E-state index in [0.29, 0.717) is 44.7 Å². The van der Waals surface area contributed by atoms with Crippen LogP contribution >= 0.6 is 23.2 Å². The summed E-state index contributed by atoms with van der Waals surface area (Å²) < 4.78 is 6.73. The Bertz CT molecular complexity index is 1070. The maximum atomic E-state index is 13.6. The minimum Gasteiger partial charge on any atom is -0.464 e. The van der Waals surface area contributed by atoms with E-state index in [4.69, 9.17) is 27.9 Å². The fourth-order valence-corrected chi connectivity index (χ4v) is 5.15. The Morgan fingerprint density at radius 3 is 2.33 bits per heavy atom. The van der Waals surface area contributed by atoms with Gasteiger partial charge in [0.25, 0.3) is 5.91 Å². The highest BCUT2D eigenvalue weighted by molar-refractivity contribution is 6.42. The lowest BCUT2D eigenvalue weighted by atomic mass is 9.93. The van der Waals surface area contributed by atoms with Crippen molar-refractivity contribution >= 4 is 40.9 Å². The van der Waals surface area contributed by atoms with Crippen LogP contribution in [0.15, 0.2) is 18.2 Å². The molecule has 8 heteroatoms. The van der Waals surface area contributed by atoms with Crippen molar-refractivity contribution in [3.8, 4) is 0 Å². The summed E-state index contributed by atoms with van der Waals surface area (Å²) in [5.41, 5.74) is 2.53.